The van der Waals surface area contributed by atoms with Gasteiger partial charge in [0.05, 0.1) is 12.5 Å². The van der Waals surface area contributed by atoms with Crippen LogP contribution in [0.15, 0.2) is 35.7 Å². The molecule has 2 N–H and O–H groups in total. The van der Waals surface area contributed by atoms with Crippen molar-refractivity contribution in [3.63, 3.8) is 0 Å². The van der Waals surface area contributed by atoms with E-state index in [1.165, 1.54) is 11.3 Å². The van der Waals surface area contributed by atoms with E-state index in [0.29, 0.717) is 10.6 Å². The number of hydrogen-bond donors (Lipinski definition) is 2. The Hall–Kier alpha value is -3.18. The summed E-state index contributed by atoms with van der Waals surface area (Å²) < 4.78 is 5.16. The van der Waals surface area contributed by atoms with Gasteiger partial charge in [-0.3, -0.25) is 9.59 Å². The van der Waals surface area contributed by atoms with Gasteiger partial charge in [-0.15, -0.1) is 11.3 Å². The first-order valence-electron chi connectivity index (χ1n) is 8.88. The SMILES string of the molecule is N#CCCNC(=O)COC(=O)c1c(-c2ccccc2)csc1NC(=O)C1CC1. The molecule has 0 aliphatic heterocycles. The van der Waals surface area contributed by atoms with Crippen molar-refractivity contribution >= 4 is 34.1 Å². The summed E-state index contributed by atoms with van der Waals surface area (Å²) in [7, 11) is 0. The van der Waals surface area contributed by atoms with E-state index in [4.69, 9.17) is 10.00 Å². The smallest absolute Gasteiger partial charge is 0.342 e. The fourth-order valence-corrected chi connectivity index (χ4v) is 3.51. The Morgan fingerprint density at radius 2 is 1.96 bits per heavy atom. The number of nitriles is 1. The summed E-state index contributed by atoms with van der Waals surface area (Å²) in [5.41, 5.74) is 1.71. The second-order valence-corrected chi connectivity index (χ2v) is 7.20. The maximum atomic E-state index is 12.7. The molecule has 1 aliphatic carbocycles. The number of rotatable bonds is 8. The summed E-state index contributed by atoms with van der Waals surface area (Å²) >= 11 is 1.25. The summed E-state index contributed by atoms with van der Waals surface area (Å²) in [6.45, 7) is -0.256. The van der Waals surface area contributed by atoms with Gasteiger partial charge in [-0.2, -0.15) is 5.26 Å². The summed E-state index contributed by atoms with van der Waals surface area (Å²) in [4.78, 5) is 36.6. The number of carbonyl (C=O) groups excluding carboxylic acids is 3. The van der Waals surface area contributed by atoms with Gasteiger partial charge < -0.3 is 15.4 Å². The first-order chi connectivity index (χ1) is 13.6. The van der Waals surface area contributed by atoms with E-state index >= 15 is 0 Å². The van der Waals surface area contributed by atoms with Crippen LogP contribution >= 0.6 is 11.3 Å². The van der Waals surface area contributed by atoms with Crippen LogP contribution < -0.4 is 10.6 Å². The topological polar surface area (TPSA) is 108 Å². The zero-order chi connectivity index (χ0) is 19.9. The maximum absolute atomic E-state index is 12.7. The Bertz CT molecular complexity index is 913. The molecule has 1 aromatic heterocycles. The zero-order valence-electron chi connectivity index (χ0n) is 15.1. The number of nitrogens with one attached hydrogen (secondary N) is 2. The highest BCUT2D eigenvalue weighted by atomic mass is 32.1. The Balaban J connectivity index is 1.77. The van der Waals surface area contributed by atoms with Crippen molar-refractivity contribution in [2.75, 3.05) is 18.5 Å². The van der Waals surface area contributed by atoms with Crippen LogP contribution in [0.1, 0.15) is 29.6 Å². The van der Waals surface area contributed by atoms with E-state index in [9.17, 15) is 14.4 Å². The molecule has 28 heavy (non-hydrogen) atoms. The minimum absolute atomic E-state index is 0.00272. The number of anilines is 1. The van der Waals surface area contributed by atoms with Crippen molar-refractivity contribution in [3.8, 4) is 17.2 Å². The van der Waals surface area contributed by atoms with Crippen LogP contribution in [0.5, 0.6) is 0 Å². The van der Waals surface area contributed by atoms with Gasteiger partial charge in [-0.25, -0.2) is 4.79 Å². The number of esters is 1. The van der Waals surface area contributed by atoms with Crippen molar-refractivity contribution in [1.29, 1.82) is 5.26 Å². The van der Waals surface area contributed by atoms with Gasteiger partial charge in [-0.05, 0) is 18.4 Å². The largest absolute Gasteiger partial charge is 0.452 e. The summed E-state index contributed by atoms with van der Waals surface area (Å²) in [5.74, 6) is -1.27. The number of ether oxygens (including phenoxy) is 1. The first-order valence-corrected chi connectivity index (χ1v) is 9.76. The Morgan fingerprint density at radius 1 is 1.21 bits per heavy atom. The molecule has 0 atom stereocenters. The number of amides is 2. The highest BCUT2D eigenvalue weighted by Crippen LogP contribution is 2.38. The second-order valence-electron chi connectivity index (χ2n) is 6.32. The lowest BCUT2D eigenvalue weighted by Crippen LogP contribution is -2.29. The third-order valence-corrected chi connectivity index (χ3v) is 5.05. The van der Waals surface area contributed by atoms with Crippen LogP contribution in [0.4, 0.5) is 5.00 Å². The van der Waals surface area contributed by atoms with E-state index in [0.717, 1.165) is 18.4 Å². The predicted molar refractivity (Wildman–Crippen MR) is 105 cm³/mol. The van der Waals surface area contributed by atoms with Crippen LogP contribution in [-0.4, -0.2) is 30.9 Å². The van der Waals surface area contributed by atoms with Crippen LogP contribution in [0.2, 0.25) is 0 Å². The molecule has 2 aromatic rings. The molecule has 1 aromatic carbocycles. The normalized spacial score (nSPS) is 12.7. The molecule has 144 valence electrons. The number of nitrogens with zero attached hydrogens (tertiary/aromatic N) is 1. The van der Waals surface area contributed by atoms with Gasteiger partial charge in [0.2, 0.25) is 5.91 Å². The van der Waals surface area contributed by atoms with Gasteiger partial charge in [0.1, 0.15) is 10.6 Å². The third kappa shape index (κ3) is 4.96. The van der Waals surface area contributed by atoms with Crippen LogP contribution in [0.25, 0.3) is 11.1 Å². The monoisotopic (exact) mass is 397 g/mol. The van der Waals surface area contributed by atoms with E-state index in [1.807, 2.05) is 36.4 Å². The lowest BCUT2D eigenvalue weighted by Gasteiger charge is -2.10. The lowest BCUT2D eigenvalue weighted by molar-refractivity contribution is -0.124. The molecule has 8 heteroatoms. The van der Waals surface area contributed by atoms with E-state index in [-0.39, 0.29) is 30.4 Å². The Morgan fingerprint density at radius 3 is 2.64 bits per heavy atom. The Kier molecular flexibility index (Phi) is 6.40. The molecule has 3 rings (SSSR count). The highest BCUT2D eigenvalue weighted by molar-refractivity contribution is 7.15. The molecule has 1 fully saturated rings. The fraction of sp³-hybridized carbons (Fsp3) is 0.300. The van der Waals surface area contributed by atoms with Crippen LogP contribution in [0, 0.1) is 17.2 Å². The molecule has 0 bridgehead atoms. The fourth-order valence-electron chi connectivity index (χ4n) is 2.55. The Labute approximate surface area is 166 Å². The van der Waals surface area contributed by atoms with Crippen molar-refractivity contribution in [1.82, 2.24) is 5.32 Å². The maximum Gasteiger partial charge on any atom is 0.342 e. The van der Waals surface area contributed by atoms with Gasteiger partial charge in [0.25, 0.3) is 5.91 Å². The minimum Gasteiger partial charge on any atom is -0.452 e. The molecule has 7 nitrogen and oxygen atoms in total. The molecule has 2 amide bonds. The lowest BCUT2D eigenvalue weighted by atomic mass is 10.0. The second kappa shape index (κ2) is 9.15. The van der Waals surface area contributed by atoms with Gasteiger partial charge in [0, 0.05) is 23.4 Å². The zero-order valence-corrected chi connectivity index (χ0v) is 15.9. The molecule has 0 radical (unpaired) electrons. The van der Waals surface area contributed by atoms with Crippen LogP contribution in [-0.2, 0) is 14.3 Å². The minimum atomic E-state index is -0.679. The summed E-state index contributed by atoms with van der Waals surface area (Å²) in [6.07, 6.45) is 1.89. The quantitative estimate of drug-likeness (QED) is 0.526. The molecular formula is C20H19N3O4S. The van der Waals surface area contributed by atoms with E-state index in [2.05, 4.69) is 10.6 Å². The first kappa shape index (κ1) is 19.6. The summed E-state index contributed by atoms with van der Waals surface area (Å²) in [6, 6.07) is 11.2. The van der Waals surface area contributed by atoms with Crippen molar-refractivity contribution in [3.05, 3.63) is 41.3 Å². The highest BCUT2D eigenvalue weighted by Gasteiger charge is 2.31. The van der Waals surface area contributed by atoms with Gasteiger partial charge in [0.15, 0.2) is 6.61 Å². The van der Waals surface area contributed by atoms with Crippen molar-refractivity contribution in [2.45, 2.75) is 19.3 Å². The van der Waals surface area contributed by atoms with Crippen molar-refractivity contribution < 1.29 is 19.1 Å². The number of carbonyl (C=O) groups is 3. The van der Waals surface area contributed by atoms with Gasteiger partial charge in [-0.1, -0.05) is 30.3 Å². The van der Waals surface area contributed by atoms with Crippen molar-refractivity contribution in [2.24, 2.45) is 5.92 Å². The molecule has 1 heterocycles. The molecule has 0 spiro atoms. The van der Waals surface area contributed by atoms with Gasteiger partial charge >= 0.3 is 5.97 Å². The van der Waals surface area contributed by atoms with E-state index < -0.39 is 18.5 Å². The van der Waals surface area contributed by atoms with E-state index in [1.54, 1.807) is 5.38 Å². The standard InChI is InChI=1S/C20H19N3O4S/c21-9-4-10-22-16(24)11-27-20(26)17-15(13-5-2-1-3-6-13)12-28-19(17)23-18(25)14-7-8-14/h1-3,5-6,12,14H,4,7-8,10-11H2,(H,22,24)(H,23,25). The number of benzene rings is 1. The predicted octanol–water partition coefficient (Wildman–Crippen LogP) is 2.95. The average molecular weight is 397 g/mol. The third-order valence-electron chi connectivity index (χ3n) is 4.16. The molecule has 0 unspecified atom stereocenters. The molecule has 0 saturated heterocycles. The average Bonchev–Trinajstić information content (AvgIpc) is 3.48. The molecule has 1 saturated carbocycles. The van der Waals surface area contributed by atoms with Crippen LogP contribution in [0.3, 0.4) is 0 Å². The number of thiophene rings is 1. The summed E-state index contributed by atoms with van der Waals surface area (Å²) in [5, 5.41) is 16.0. The number of hydrogen-bond acceptors (Lipinski definition) is 6. The molecular weight excluding hydrogens is 378 g/mol. The molecule has 1 aliphatic rings.